The molecule has 0 aliphatic rings. The zero-order valence-corrected chi connectivity index (χ0v) is 7.87. The Morgan fingerprint density at radius 3 is 2.67 bits per heavy atom. The zero-order valence-electron chi connectivity index (χ0n) is 7.87. The number of hydrogen-bond donors (Lipinski definition) is 0. The quantitative estimate of drug-likeness (QED) is 0.630. The van der Waals surface area contributed by atoms with E-state index in [1.54, 1.807) is 6.92 Å². The van der Waals surface area contributed by atoms with Crippen molar-refractivity contribution in [3.05, 3.63) is 24.0 Å². The van der Waals surface area contributed by atoms with Gasteiger partial charge in [-0.3, -0.25) is 4.79 Å². The number of ketones is 1. The third kappa shape index (κ3) is 2.22. The Kier molecular flexibility index (Phi) is 2.69. The number of carbonyl (C=O) groups excluding carboxylic acids is 1. The first kappa shape index (κ1) is 9.04. The highest BCUT2D eigenvalue weighted by atomic mass is 16.1. The third-order valence-electron chi connectivity index (χ3n) is 1.73. The second kappa shape index (κ2) is 3.57. The number of carbonyl (C=O) groups is 1. The van der Waals surface area contributed by atoms with E-state index >= 15 is 0 Å². The van der Waals surface area contributed by atoms with Crippen molar-refractivity contribution in [3.63, 3.8) is 0 Å². The molecule has 0 N–H and O–H groups in total. The molecule has 1 heterocycles. The van der Waals surface area contributed by atoms with E-state index in [9.17, 15) is 4.79 Å². The van der Waals surface area contributed by atoms with Gasteiger partial charge in [0.25, 0.3) is 0 Å². The zero-order chi connectivity index (χ0) is 9.14. The molecule has 12 heavy (non-hydrogen) atoms. The summed E-state index contributed by atoms with van der Waals surface area (Å²) in [5, 5.41) is 0. The Hall–Kier alpha value is -1.05. The van der Waals surface area contributed by atoms with Crippen molar-refractivity contribution >= 4 is 5.78 Å². The third-order valence-corrected chi connectivity index (χ3v) is 1.73. The minimum atomic E-state index is 0.137. The lowest BCUT2D eigenvalue weighted by molar-refractivity contribution is 0.101. The van der Waals surface area contributed by atoms with E-state index in [1.165, 1.54) is 0 Å². The van der Waals surface area contributed by atoms with Crippen LogP contribution < -0.4 is 0 Å². The Labute approximate surface area is 73.2 Å². The van der Waals surface area contributed by atoms with Gasteiger partial charge in [-0.1, -0.05) is 13.8 Å². The normalized spacial score (nSPS) is 10.7. The van der Waals surface area contributed by atoms with Crippen molar-refractivity contribution in [1.29, 1.82) is 0 Å². The highest BCUT2D eigenvalue weighted by Gasteiger charge is 2.01. The predicted molar refractivity (Wildman–Crippen MR) is 49.3 cm³/mol. The van der Waals surface area contributed by atoms with Crippen molar-refractivity contribution in [2.24, 2.45) is 5.92 Å². The van der Waals surface area contributed by atoms with E-state index in [0.29, 0.717) is 5.92 Å². The minimum Gasteiger partial charge on any atom is -0.353 e. The lowest BCUT2D eigenvalue weighted by Gasteiger charge is -2.04. The summed E-state index contributed by atoms with van der Waals surface area (Å²) in [6.45, 7) is 6.89. The van der Waals surface area contributed by atoms with Crippen LogP contribution in [0.1, 0.15) is 31.1 Å². The van der Waals surface area contributed by atoms with Gasteiger partial charge in [0.1, 0.15) is 0 Å². The van der Waals surface area contributed by atoms with Gasteiger partial charge >= 0.3 is 0 Å². The van der Waals surface area contributed by atoms with Crippen molar-refractivity contribution in [2.45, 2.75) is 27.3 Å². The molecule has 2 heteroatoms. The molecule has 0 aliphatic carbocycles. The van der Waals surface area contributed by atoms with E-state index in [0.717, 1.165) is 12.1 Å². The van der Waals surface area contributed by atoms with Gasteiger partial charge < -0.3 is 4.57 Å². The molecule has 0 saturated heterocycles. The fraction of sp³-hybridized carbons (Fsp3) is 0.500. The average molecular weight is 165 g/mol. The molecule has 1 rings (SSSR count). The van der Waals surface area contributed by atoms with Crippen LogP contribution in [0.25, 0.3) is 0 Å². The molecule has 0 fully saturated rings. The van der Waals surface area contributed by atoms with Crippen LogP contribution in [-0.2, 0) is 6.54 Å². The number of aromatic nitrogens is 1. The van der Waals surface area contributed by atoms with Crippen LogP contribution in [0.4, 0.5) is 0 Å². The molecule has 0 aliphatic heterocycles. The van der Waals surface area contributed by atoms with Crippen LogP contribution in [0, 0.1) is 5.92 Å². The van der Waals surface area contributed by atoms with Crippen molar-refractivity contribution in [2.75, 3.05) is 0 Å². The number of rotatable bonds is 3. The fourth-order valence-electron chi connectivity index (χ4n) is 1.18. The van der Waals surface area contributed by atoms with Gasteiger partial charge in [0.2, 0.25) is 0 Å². The first-order chi connectivity index (χ1) is 5.59. The highest BCUT2D eigenvalue weighted by Crippen LogP contribution is 2.05. The summed E-state index contributed by atoms with van der Waals surface area (Å²) < 4.78 is 2.06. The average Bonchev–Trinajstić information content (AvgIpc) is 2.34. The largest absolute Gasteiger partial charge is 0.353 e. The van der Waals surface area contributed by atoms with Gasteiger partial charge in [-0.25, -0.2) is 0 Å². The lowest BCUT2D eigenvalue weighted by atomic mass is 10.2. The molecule has 0 spiro atoms. The van der Waals surface area contributed by atoms with Gasteiger partial charge in [0.05, 0.1) is 0 Å². The molecule has 0 aromatic carbocycles. The Morgan fingerprint density at radius 1 is 1.58 bits per heavy atom. The smallest absolute Gasteiger partial charge is 0.161 e. The van der Waals surface area contributed by atoms with Crippen LogP contribution in [0.3, 0.4) is 0 Å². The molecule has 0 radical (unpaired) electrons. The fourth-order valence-corrected chi connectivity index (χ4v) is 1.18. The van der Waals surface area contributed by atoms with Crippen LogP contribution in [0.2, 0.25) is 0 Å². The summed E-state index contributed by atoms with van der Waals surface area (Å²) in [7, 11) is 0. The molecule has 0 atom stereocenters. The van der Waals surface area contributed by atoms with Crippen molar-refractivity contribution < 1.29 is 4.79 Å². The summed E-state index contributed by atoms with van der Waals surface area (Å²) in [5.41, 5.74) is 0.802. The second-order valence-electron chi connectivity index (χ2n) is 3.55. The maximum Gasteiger partial charge on any atom is 0.161 e. The molecule has 0 unspecified atom stereocenters. The molecule has 1 aromatic heterocycles. The molecule has 66 valence electrons. The first-order valence-corrected chi connectivity index (χ1v) is 4.26. The summed E-state index contributed by atoms with van der Waals surface area (Å²) >= 11 is 0. The van der Waals surface area contributed by atoms with Crippen molar-refractivity contribution in [3.8, 4) is 0 Å². The van der Waals surface area contributed by atoms with E-state index in [-0.39, 0.29) is 5.78 Å². The van der Waals surface area contributed by atoms with E-state index in [1.807, 2.05) is 18.5 Å². The monoisotopic (exact) mass is 165 g/mol. The second-order valence-corrected chi connectivity index (χ2v) is 3.55. The maximum atomic E-state index is 10.9. The van der Waals surface area contributed by atoms with Gasteiger partial charge in [-0.05, 0) is 18.9 Å². The summed E-state index contributed by atoms with van der Waals surface area (Å²) in [6.07, 6.45) is 3.86. The predicted octanol–water partition coefficient (Wildman–Crippen LogP) is 2.35. The molecule has 1 aromatic rings. The van der Waals surface area contributed by atoms with Crippen LogP contribution in [-0.4, -0.2) is 10.4 Å². The molecule has 2 nitrogen and oxygen atoms in total. The number of nitrogens with zero attached hydrogens (tertiary/aromatic N) is 1. The van der Waals surface area contributed by atoms with Crippen LogP contribution in [0.15, 0.2) is 18.5 Å². The summed E-state index contributed by atoms with van der Waals surface area (Å²) in [6, 6.07) is 1.87. The summed E-state index contributed by atoms with van der Waals surface area (Å²) in [4.78, 5) is 10.9. The van der Waals surface area contributed by atoms with Crippen LogP contribution >= 0.6 is 0 Å². The summed E-state index contributed by atoms with van der Waals surface area (Å²) in [5.74, 6) is 0.759. The van der Waals surface area contributed by atoms with Gasteiger partial charge in [-0.2, -0.15) is 0 Å². The lowest BCUT2D eigenvalue weighted by Crippen LogP contribution is -2.01. The van der Waals surface area contributed by atoms with Crippen LogP contribution in [0.5, 0.6) is 0 Å². The molecule has 0 amide bonds. The SMILES string of the molecule is CC(=O)c1ccn(CC(C)C)c1. The van der Waals surface area contributed by atoms with Crippen molar-refractivity contribution in [1.82, 2.24) is 4.57 Å². The number of Topliss-reactive ketones (excluding diaryl/α,β-unsaturated/α-hetero) is 1. The standard InChI is InChI=1S/C10H15NO/c1-8(2)6-11-5-4-10(7-11)9(3)12/h4-5,7-8H,6H2,1-3H3. The Balaban J connectivity index is 2.71. The van der Waals surface area contributed by atoms with E-state index in [4.69, 9.17) is 0 Å². The van der Waals surface area contributed by atoms with Gasteiger partial charge in [0, 0.05) is 24.5 Å². The minimum absolute atomic E-state index is 0.137. The Bertz CT molecular complexity index is 273. The van der Waals surface area contributed by atoms with E-state index in [2.05, 4.69) is 18.4 Å². The molecule has 0 saturated carbocycles. The van der Waals surface area contributed by atoms with Gasteiger partial charge in [-0.15, -0.1) is 0 Å². The highest BCUT2D eigenvalue weighted by molar-refractivity contribution is 5.93. The maximum absolute atomic E-state index is 10.9. The Morgan fingerprint density at radius 2 is 2.25 bits per heavy atom. The topological polar surface area (TPSA) is 22.0 Å². The molecular formula is C10H15NO. The number of hydrogen-bond acceptors (Lipinski definition) is 1. The first-order valence-electron chi connectivity index (χ1n) is 4.26. The van der Waals surface area contributed by atoms with E-state index < -0.39 is 0 Å². The molecule has 0 bridgehead atoms. The van der Waals surface area contributed by atoms with Gasteiger partial charge in [0.15, 0.2) is 5.78 Å². The molecular weight excluding hydrogens is 150 g/mol.